The number of ketones is 1. The molecule has 0 saturated heterocycles. The Balaban J connectivity index is 3.22. The van der Waals surface area contributed by atoms with Crippen LogP contribution >= 0.6 is 0 Å². The molecule has 3 nitrogen and oxygen atoms in total. The summed E-state index contributed by atoms with van der Waals surface area (Å²) in [5.74, 6) is -0.577. The number of nitrogens with zero attached hydrogens (tertiary/aromatic N) is 1. The second-order valence-corrected chi connectivity index (χ2v) is 5.34. The number of hydrogen-bond donors (Lipinski definition) is 1. The normalized spacial score (nSPS) is 11.5. The molecular formula is C14H20FNO2. The zero-order chi connectivity index (χ0) is 14.1. The summed E-state index contributed by atoms with van der Waals surface area (Å²) in [4.78, 5) is 13.3. The maximum absolute atomic E-state index is 13.5. The number of aryl methyl sites for hydroxylation is 1. The third kappa shape index (κ3) is 3.53. The first-order valence-electron chi connectivity index (χ1n) is 5.86. The van der Waals surface area contributed by atoms with Crippen molar-refractivity contribution in [2.75, 3.05) is 18.5 Å². The second-order valence-electron chi connectivity index (χ2n) is 5.34. The molecule has 1 rings (SSSR count). The smallest absolute Gasteiger partial charge is 0.161 e. The van der Waals surface area contributed by atoms with Crippen LogP contribution in [-0.2, 0) is 0 Å². The number of benzene rings is 1. The van der Waals surface area contributed by atoms with Gasteiger partial charge in [0.2, 0.25) is 0 Å². The predicted molar refractivity (Wildman–Crippen MR) is 70.7 cm³/mol. The van der Waals surface area contributed by atoms with E-state index < -0.39 is 5.60 Å². The average molecular weight is 253 g/mol. The summed E-state index contributed by atoms with van der Waals surface area (Å²) in [6.07, 6.45) is 0. The van der Waals surface area contributed by atoms with E-state index in [-0.39, 0.29) is 11.6 Å². The van der Waals surface area contributed by atoms with E-state index >= 15 is 0 Å². The fourth-order valence-corrected chi connectivity index (χ4v) is 1.93. The number of rotatable bonds is 4. The molecule has 1 aromatic rings. The van der Waals surface area contributed by atoms with Gasteiger partial charge < -0.3 is 10.0 Å². The molecule has 0 aliphatic heterocycles. The lowest BCUT2D eigenvalue weighted by Gasteiger charge is -2.28. The van der Waals surface area contributed by atoms with Crippen LogP contribution in [-0.4, -0.2) is 30.1 Å². The molecule has 0 radical (unpaired) electrons. The van der Waals surface area contributed by atoms with E-state index in [2.05, 4.69) is 0 Å². The number of likely N-dealkylation sites (N-methyl/N-ethyl adjacent to an activating group) is 1. The van der Waals surface area contributed by atoms with Gasteiger partial charge in [0.1, 0.15) is 5.82 Å². The van der Waals surface area contributed by atoms with E-state index in [1.807, 2.05) is 0 Å². The van der Waals surface area contributed by atoms with Crippen LogP contribution in [0.4, 0.5) is 10.1 Å². The van der Waals surface area contributed by atoms with E-state index in [1.165, 1.54) is 13.0 Å². The number of carbonyl (C=O) groups is 1. The minimum Gasteiger partial charge on any atom is -0.389 e. The first-order chi connectivity index (χ1) is 8.11. The summed E-state index contributed by atoms with van der Waals surface area (Å²) in [6, 6.07) is 2.89. The summed E-state index contributed by atoms with van der Waals surface area (Å²) in [5, 5.41) is 9.80. The quantitative estimate of drug-likeness (QED) is 0.838. The van der Waals surface area contributed by atoms with Gasteiger partial charge in [-0.25, -0.2) is 4.39 Å². The van der Waals surface area contributed by atoms with Crippen molar-refractivity contribution in [3.8, 4) is 0 Å². The van der Waals surface area contributed by atoms with Crippen LogP contribution in [0.5, 0.6) is 0 Å². The zero-order valence-corrected chi connectivity index (χ0v) is 11.5. The number of carbonyl (C=O) groups excluding carboxylic acids is 1. The SMILES string of the molecule is CC(=O)c1cc(F)c(C)cc1N(C)CC(C)(C)O. The molecule has 0 aromatic heterocycles. The molecule has 4 heteroatoms. The molecule has 0 fully saturated rings. The second kappa shape index (κ2) is 5.06. The first-order valence-corrected chi connectivity index (χ1v) is 5.86. The highest BCUT2D eigenvalue weighted by Gasteiger charge is 2.20. The Morgan fingerprint density at radius 2 is 2.00 bits per heavy atom. The van der Waals surface area contributed by atoms with Crippen LogP contribution < -0.4 is 4.90 Å². The Kier molecular flexibility index (Phi) is 4.12. The Morgan fingerprint density at radius 3 is 2.44 bits per heavy atom. The molecule has 1 aromatic carbocycles. The number of Topliss-reactive ketones (excluding diaryl/α,β-unsaturated/α-hetero) is 1. The van der Waals surface area contributed by atoms with Crippen LogP contribution in [0.3, 0.4) is 0 Å². The average Bonchev–Trinajstić information content (AvgIpc) is 2.18. The zero-order valence-electron chi connectivity index (χ0n) is 11.5. The molecule has 0 bridgehead atoms. The van der Waals surface area contributed by atoms with Gasteiger partial charge in [-0.1, -0.05) is 0 Å². The third-order valence-corrected chi connectivity index (χ3v) is 2.69. The van der Waals surface area contributed by atoms with Crippen LogP contribution in [0.2, 0.25) is 0 Å². The molecular weight excluding hydrogens is 233 g/mol. The Bertz CT molecular complexity index is 464. The highest BCUT2D eigenvalue weighted by Crippen LogP contribution is 2.25. The van der Waals surface area contributed by atoms with Crippen molar-refractivity contribution in [1.29, 1.82) is 0 Å². The Labute approximate surface area is 107 Å². The minimum atomic E-state index is -0.884. The van der Waals surface area contributed by atoms with Crippen molar-refractivity contribution in [1.82, 2.24) is 0 Å². The fourth-order valence-electron chi connectivity index (χ4n) is 1.93. The predicted octanol–water partition coefficient (Wildman–Crippen LogP) is 2.54. The van der Waals surface area contributed by atoms with Crippen molar-refractivity contribution in [2.24, 2.45) is 0 Å². The summed E-state index contributed by atoms with van der Waals surface area (Å²) < 4.78 is 13.5. The molecule has 0 saturated carbocycles. The van der Waals surface area contributed by atoms with Crippen LogP contribution in [0.1, 0.15) is 36.7 Å². The van der Waals surface area contributed by atoms with Gasteiger partial charge in [0, 0.05) is 24.8 Å². The van der Waals surface area contributed by atoms with E-state index in [0.717, 1.165) is 0 Å². The minimum absolute atomic E-state index is 0.188. The third-order valence-electron chi connectivity index (χ3n) is 2.69. The molecule has 0 heterocycles. The molecule has 0 unspecified atom stereocenters. The van der Waals surface area contributed by atoms with Crippen molar-refractivity contribution in [2.45, 2.75) is 33.3 Å². The van der Waals surface area contributed by atoms with Gasteiger partial charge in [0.15, 0.2) is 5.78 Å². The lowest BCUT2D eigenvalue weighted by Crippen LogP contribution is -2.36. The summed E-state index contributed by atoms with van der Waals surface area (Å²) >= 11 is 0. The monoisotopic (exact) mass is 253 g/mol. The maximum atomic E-state index is 13.5. The molecule has 0 atom stereocenters. The van der Waals surface area contributed by atoms with Gasteiger partial charge in [-0.05, 0) is 45.4 Å². The van der Waals surface area contributed by atoms with E-state index in [1.54, 1.807) is 38.8 Å². The molecule has 0 amide bonds. The van der Waals surface area contributed by atoms with Gasteiger partial charge >= 0.3 is 0 Å². The van der Waals surface area contributed by atoms with Crippen molar-refractivity contribution >= 4 is 11.5 Å². The van der Waals surface area contributed by atoms with Gasteiger partial charge in [-0.3, -0.25) is 4.79 Å². The van der Waals surface area contributed by atoms with E-state index in [9.17, 15) is 14.3 Å². The van der Waals surface area contributed by atoms with Crippen LogP contribution in [0, 0.1) is 12.7 Å². The van der Waals surface area contributed by atoms with Crippen molar-refractivity contribution in [3.63, 3.8) is 0 Å². The number of anilines is 1. The summed E-state index contributed by atoms with van der Waals surface area (Å²) in [7, 11) is 1.77. The summed E-state index contributed by atoms with van der Waals surface area (Å²) in [5.41, 5.74) is 0.580. The largest absolute Gasteiger partial charge is 0.389 e. The lowest BCUT2D eigenvalue weighted by atomic mass is 10.0. The number of halogens is 1. The van der Waals surface area contributed by atoms with E-state index in [4.69, 9.17) is 0 Å². The Hall–Kier alpha value is -1.42. The highest BCUT2D eigenvalue weighted by atomic mass is 19.1. The van der Waals surface area contributed by atoms with Crippen LogP contribution in [0.25, 0.3) is 0 Å². The van der Waals surface area contributed by atoms with Crippen molar-refractivity contribution < 1.29 is 14.3 Å². The molecule has 100 valence electrons. The summed E-state index contributed by atoms with van der Waals surface area (Å²) in [6.45, 7) is 6.80. The molecule has 1 N–H and O–H groups in total. The first kappa shape index (κ1) is 14.6. The van der Waals surface area contributed by atoms with Crippen molar-refractivity contribution in [3.05, 3.63) is 29.1 Å². The van der Waals surface area contributed by atoms with Gasteiger partial charge in [0.25, 0.3) is 0 Å². The maximum Gasteiger partial charge on any atom is 0.161 e. The molecule has 0 aliphatic rings. The topological polar surface area (TPSA) is 40.5 Å². The number of aliphatic hydroxyl groups is 1. The van der Waals surface area contributed by atoms with Gasteiger partial charge in [-0.2, -0.15) is 0 Å². The van der Waals surface area contributed by atoms with Gasteiger partial charge in [0.05, 0.1) is 5.60 Å². The highest BCUT2D eigenvalue weighted by molar-refractivity contribution is 5.99. The van der Waals surface area contributed by atoms with E-state index in [0.29, 0.717) is 23.4 Å². The molecule has 0 aliphatic carbocycles. The fraction of sp³-hybridized carbons (Fsp3) is 0.500. The molecule has 18 heavy (non-hydrogen) atoms. The lowest BCUT2D eigenvalue weighted by molar-refractivity contribution is 0.0882. The standard InChI is InChI=1S/C14H20FNO2/c1-9-6-13(16(5)8-14(3,4)18)11(10(2)17)7-12(9)15/h6-7,18H,8H2,1-5H3. The Morgan fingerprint density at radius 1 is 1.44 bits per heavy atom. The molecule has 0 spiro atoms. The van der Waals surface area contributed by atoms with Crippen LogP contribution in [0.15, 0.2) is 12.1 Å². The number of hydrogen-bond acceptors (Lipinski definition) is 3. The van der Waals surface area contributed by atoms with Gasteiger partial charge in [-0.15, -0.1) is 0 Å².